The van der Waals surface area contributed by atoms with E-state index in [1.54, 1.807) is 18.5 Å². The van der Waals surface area contributed by atoms with Crippen molar-refractivity contribution in [2.45, 2.75) is 6.92 Å². The zero-order chi connectivity index (χ0) is 18.4. The van der Waals surface area contributed by atoms with Gasteiger partial charge in [0.2, 0.25) is 0 Å². The van der Waals surface area contributed by atoms with Crippen LogP contribution in [0.5, 0.6) is 5.75 Å². The van der Waals surface area contributed by atoms with E-state index in [0.29, 0.717) is 24.7 Å². The van der Waals surface area contributed by atoms with E-state index in [2.05, 4.69) is 30.6 Å². The van der Waals surface area contributed by atoms with Crippen LogP contribution in [0, 0.1) is 6.92 Å². The number of aromatic nitrogens is 4. The molecule has 8 heteroatoms. The molecule has 0 saturated heterocycles. The zero-order valence-corrected chi connectivity index (χ0v) is 14.2. The summed E-state index contributed by atoms with van der Waals surface area (Å²) in [6.07, 6.45) is 4.88. The Balaban J connectivity index is 1.58. The lowest BCUT2D eigenvalue weighted by Gasteiger charge is -2.10. The van der Waals surface area contributed by atoms with Gasteiger partial charge in [-0.3, -0.25) is 9.78 Å². The lowest BCUT2D eigenvalue weighted by molar-refractivity contribution is 0.0947. The molecule has 3 heterocycles. The van der Waals surface area contributed by atoms with Crippen molar-refractivity contribution in [3.63, 3.8) is 0 Å². The third kappa shape index (κ3) is 4.29. The quantitative estimate of drug-likeness (QED) is 0.581. The molecule has 0 aromatic carbocycles. The lowest BCUT2D eigenvalue weighted by Crippen LogP contribution is -2.29. The SMILES string of the molecule is Cc1nc(NCCNC(=O)c2ncccc2O)cc(-c2ccncc2)n1. The van der Waals surface area contributed by atoms with Gasteiger partial charge in [0.1, 0.15) is 17.4 Å². The van der Waals surface area contributed by atoms with E-state index >= 15 is 0 Å². The maximum atomic E-state index is 12.0. The van der Waals surface area contributed by atoms with Crippen LogP contribution in [0.25, 0.3) is 11.3 Å². The first-order valence-corrected chi connectivity index (χ1v) is 8.05. The van der Waals surface area contributed by atoms with Crippen LogP contribution in [0.1, 0.15) is 16.3 Å². The number of nitrogens with one attached hydrogen (secondary N) is 2. The third-order valence-corrected chi connectivity index (χ3v) is 3.53. The molecule has 8 nitrogen and oxygen atoms in total. The predicted octanol–water partition coefficient (Wildman–Crippen LogP) is 1.79. The van der Waals surface area contributed by atoms with E-state index in [1.165, 1.54) is 12.3 Å². The topological polar surface area (TPSA) is 113 Å². The van der Waals surface area contributed by atoms with Gasteiger partial charge in [0.05, 0.1) is 5.69 Å². The molecule has 0 aliphatic heterocycles. The molecule has 3 N–H and O–H groups in total. The second-order valence-corrected chi connectivity index (χ2v) is 5.48. The Morgan fingerprint density at radius 2 is 1.92 bits per heavy atom. The van der Waals surface area contributed by atoms with Crippen LogP contribution in [-0.4, -0.2) is 44.0 Å². The smallest absolute Gasteiger partial charge is 0.273 e. The first-order chi connectivity index (χ1) is 12.6. The van der Waals surface area contributed by atoms with Crippen molar-refractivity contribution in [3.05, 3.63) is 60.4 Å². The molecule has 0 fully saturated rings. The summed E-state index contributed by atoms with van der Waals surface area (Å²) in [4.78, 5) is 28.6. The fraction of sp³-hybridized carbons (Fsp3) is 0.167. The summed E-state index contributed by atoms with van der Waals surface area (Å²) < 4.78 is 0. The average molecular weight is 350 g/mol. The van der Waals surface area contributed by atoms with Crippen LogP contribution in [0.15, 0.2) is 48.9 Å². The number of hydrogen-bond acceptors (Lipinski definition) is 7. The molecule has 0 radical (unpaired) electrons. The molecule has 0 saturated carbocycles. The van der Waals surface area contributed by atoms with Crippen LogP contribution in [0.4, 0.5) is 5.82 Å². The highest BCUT2D eigenvalue weighted by Gasteiger charge is 2.11. The van der Waals surface area contributed by atoms with E-state index in [9.17, 15) is 9.90 Å². The molecule has 0 bridgehead atoms. The van der Waals surface area contributed by atoms with Gasteiger partial charge in [-0.1, -0.05) is 0 Å². The van der Waals surface area contributed by atoms with Crippen molar-refractivity contribution in [1.82, 2.24) is 25.3 Å². The van der Waals surface area contributed by atoms with Crippen LogP contribution in [-0.2, 0) is 0 Å². The number of hydrogen-bond donors (Lipinski definition) is 3. The van der Waals surface area contributed by atoms with E-state index in [4.69, 9.17) is 0 Å². The predicted molar refractivity (Wildman–Crippen MR) is 96.7 cm³/mol. The van der Waals surface area contributed by atoms with Gasteiger partial charge in [-0.05, 0) is 31.2 Å². The van der Waals surface area contributed by atoms with Crippen molar-refractivity contribution in [1.29, 1.82) is 0 Å². The highest BCUT2D eigenvalue weighted by atomic mass is 16.3. The molecule has 0 atom stereocenters. The molecule has 0 aliphatic carbocycles. The molecule has 26 heavy (non-hydrogen) atoms. The Labute approximate surface area is 150 Å². The van der Waals surface area contributed by atoms with Crippen LogP contribution >= 0.6 is 0 Å². The van der Waals surface area contributed by atoms with Gasteiger partial charge in [0.15, 0.2) is 5.69 Å². The maximum Gasteiger partial charge on any atom is 0.273 e. The standard InChI is InChI=1S/C18H18N6O2/c1-12-23-14(13-4-7-19-8-5-13)11-16(24-12)20-9-10-22-18(26)17-15(25)3-2-6-21-17/h2-8,11,25H,9-10H2,1H3,(H,22,26)(H,20,23,24). The summed E-state index contributed by atoms with van der Waals surface area (Å²) in [6, 6.07) is 8.58. The highest BCUT2D eigenvalue weighted by molar-refractivity contribution is 5.94. The number of amides is 1. The summed E-state index contributed by atoms with van der Waals surface area (Å²) in [6.45, 7) is 2.63. The number of anilines is 1. The van der Waals surface area contributed by atoms with Crippen LogP contribution in [0.2, 0.25) is 0 Å². The largest absolute Gasteiger partial charge is 0.505 e. The monoisotopic (exact) mass is 350 g/mol. The lowest BCUT2D eigenvalue weighted by atomic mass is 10.2. The average Bonchev–Trinajstić information content (AvgIpc) is 2.66. The molecule has 1 amide bonds. The first-order valence-electron chi connectivity index (χ1n) is 8.05. The number of nitrogens with zero attached hydrogens (tertiary/aromatic N) is 4. The summed E-state index contributed by atoms with van der Waals surface area (Å²) in [5, 5.41) is 15.5. The number of aryl methyl sites for hydroxylation is 1. The van der Waals surface area contributed by atoms with E-state index in [-0.39, 0.29) is 11.4 Å². The zero-order valence-electron chi connectivity index (χ0n) is 14.2. The van der Waals surface area contributed by atoms with Gasteiger partial charge in [0.25, 0.3) is 5.91 Å². The van der Waals surface area contributed by atoms with Crippen LogP contribution < -0.4 is 10.6 Å². The van der Waals surface area contributed by atoms with Crippen molar-refractivity contribution in [2.24, 2.45) is 0 Å². The number of carbonyl (C=O) groups excluding carboxylic acids is 1. The number of pyridine rings is 2. The van der Waals surface area contributed by atoms with Gasteiger partial charge in [0, 0.05) is 43.3 Å². The summed E-state index contributed by atoms with van der Waals surface area (Å²) in [5.41, 5.74) is 1.75. The van der Waals surface area contributed by atoms with Crippen molar-refractivity contribution in [2.75, 3.05) is 18.4 Å². The van der Waals surface area contributed by atoms with Crippen molar-refractivity contribution in [3.8, 4) is 17.0 Å². The highest BCUT2D eigenvalue weighted by Crippen LogP contribution is 2.18. The summed E-state index contributed by atoms with van der Waals surface area (Å²) >= 11 is 0. The number of aromatic hydroxyl groups is 1. The molecule has 0 unspecified atom stereocenters. The molecular weight excluding hydrogens is 332 g/mol. The molecule has 0 spiro atoms. The third-order valence-electron chi connectivity index (χ3n) is 3.53. The van der Waals surface area contributed by atoms with Gasteiger partial charge < -0.3 is 15.7 Å². The molecular formula is C18H18N6O2. The van der Waals surface area contributed by atoms with E-state index < -0.39 is 5.91 Å². The van der Waals surface area contributed by atoms with Gasteiger partial charge in [-0.2, -0.15) is 0 Å². The Morgan fingerprint density at radius 1 is 1.12 bits per heavy atom. The van der Waals surface area contributed by atoms with Crippen molar-refractivity contribution >= 4 is 11.7 Å². The Bertz CT molecular complexity index is 901. The molecule has 132 valence electrons. The van der Waals surface area contributed by atoms with E-state index in [1.807, 2.05) is 25.1 Å². The van der Waals surface area contributed by atoms with Crippen molar-refractivity contribution < 1.29 is 9.90 Å². The van der Waals surface area contributed by atoms with Crippen LogP contribution in [0.3, 0.4) is 0 Å². The fourth-order valence-electron chi connectivity index (χ4n) is 2.35. The molecule has 0 aliphatic rings. The van der Waals surface area contributed by atoms with Gasteiger partial charge >= 0.3 is 0 Å². The minimum absolute atomic E-state index is 0.00496. The van der Waals surface area contributed by atoms with Gasteiger partial charge in [-0.25, -0.2) is 15.0 Å². The number of carbonyl (C=O) groups is 1. The summed E-state index contributed by atoms with van der Waals surface area (Å²) in [5.74, 6) is 0.733. The Hall–Kier alpha value is -3.55. The fourth-order valence-corrected chi connectivity index (χ4v) is 2.35. The van der Waals surface area contributed by atoms with Gasteiger partial charge in [-0.15, -0.1) is 0 Å². The first kappa shape index (κ1) is 17.3. The Kier molecular flexibility index (Phi) is 5.33. The Morgan fingerprint density at radius 3 is 2.69 bits per heavy atom. The molecule has 3 aromatic rings. The molecule has 3 aromatic heterocycles. The minimum atomic E-state index is -0.429. The summed E-state index contributed by atoms with van der Waals surface area (Å²) in [7, 11) is 0. The minimum Gasteiger partial charge on any atom is -0.505 e. The maximum absolute atomic E-state index is 12.0. The molecule has 3 rings (SSSR count). The van der Waals surface area contributed by atoms with E-state index in [0.717, 1.165) is 11.3 Å². The number of rotatable bonds is 6. The second kappa shape index (κ2) is 8.02. The second-order valence-electron chi connectivity index (χ2n) is 5.48. The normalized spacial score (nSPS) is 10.3.